The zero-order valence-corrected chi connectivity index (χ0v) is 13.9. The SMILES string of the molecule is CC1(c2ccccc2)CN(c2nc(C(F)(F)F)nc3nc[nH]c23)CCO1. The fraction of sp³-hybridized carbons (Fsp3) is 0.353. The second kappa shape index (κ2) is 5.94. The van der Waals surface area contributed by atoms with Gasteiger partial charge in [-0.2, -0.15) is 13.2 Å². The maximum atomic E-state index is 13.2. The van der Waals surface area contributed by atoms with Crippen LogP contribution in [0.15, 0.2) is 36.7 Å². The number of anilines is 1. The molecule has 1 saturated heterocycles. The number of aromatic nitrogens is 4. The van der Waals surface area contributed by atoms with Gasteiger partial charge in [0, 0.05) is 6.54 Å². The van der Waals surface area contributed by atoms with Crippen LogP contribution in [0.25, 0.3) is 11.2 Å². The fourth-order valence-electron chi connectivity index (χ4n) is 3.19. The maximum Gasteiger partial charge on any atom is 0.451 e. The Morgan fingerprint density at radius 1 is 1.19 bits per heavy atom. The van der Waals surface area contributed by atoms with E-state index in [9.17, 15) is 13.2 Å². The molecule has 1 aliphatic rings. The van der Waals surface area contributed by atoms with E-state index in [1.807, 2.05) is 37.3 Å². The lowest BCUT2D eigenvalue weighted by molar-refractivity contribution is -0.144. The van der Waals surface area contributed by atoms with Crippen molar-refractivity contribution in [1.82, 2.24) is 19.9 Å². The molecule has 0 bridgehead atoms. The van der Waals surface area contributed by atoms with E-state index in [0.717, 1.165) is 5.56 Å². The summed E-state index contributed by atoms with van der Waals surface area (Å²) in [7, 11) is 0. The number of benzene rings is 1. The molecule has 0 aliphatic carbocycles. The van der Waals surface area contributed by atoms with Gasteiger partial charge in [-0.3, -0.25) is 0 Å². The third-order valence-electron chi connectivity index (χ3n) is 4.48. The fourth-order valence-corrected chi connectivity index (χ4v) is 3.19. The van der Waals surface area contributed by atoms with E-state index < -0.39 is 17.6 Å². The Bertz CT molecular complexity index is 927. The smallest absolute Gasteiger partial charge is 0.367 e. The van der Waals surface area contributed by atoms with Crippen LogP contribution in [0.5, 0.6) is 0 Å². The Morgan fingerprint density at radius 2 is 1.96 bits per heavy atom. The van der Waals surface area contributed by atoms with Crippen LogP contribution in [-0.2, 0) is 16.5 Å². The van der Waals surface area contributed by atoms with E-state index in [1.54, 1.807) is 4.90 Å². The highest BCUT2D eigenvalue weighted by Crippen LogP contribution is 2.35. The van der Waals surface area contributed by atoms with Crippen molar-refractivity contribution in [2.75, 3.05) is 24.6 Å². The average Bonchev–Trinajstić information content (AvgIpc) is 3.09. The van der Waals surface area contributed by atoms with Crippen LogP contribution in [-0.4, -0.2) is 39.6 Å². The number of nitrogens with zero attached hydrogens (tertiary/aromatic N) is 4. The summed E-state index contributed by atoms with van der Waals surface area (Å²) in [5, 5.41) is 0. The quantitative estimate of drug-likeness (QED) is 0.758. The Labute approximate surface area is 147 Å². The van der Waals surface area contributed by atoms with Gasteiger partial charge in [0.25, 0.3) is 0 Å². The summed E-state index contributed by atoms with van der Waals surface area (Å²) < 4.78 is 45.5. The summed E-state index contributed by atoms with van der Waals surface area (Å²) in [4.78, 5) is 15.8. The van der Waals surface area contributed by atoms with Crippen LogP contribution in [0.4, 0.5) is 19.0 Å². The zero-order chi connectivity index (χ0) is 18.4. The molecule has 1 N–H and O–H groups in total. The van der Waals surface area contributed by atoms with Gasteiger partial charge >= 0.3 is 6.18 Å². The number of halogens is 3. The van der Waals surface area contributed by atoms with E-state index in [4.69, 9.17) is 4.74 Å². The number of nitrogens with one attached hydrogen (secondary N) is 1. The van der Waals surface area contributed by atoms with Gasteiger partial charge in [0.1, 0.15) is 11.1 Å². The molecule has 0 spiro atoms. The van der Waals surface area contributed by atoms with Crippen molar-refractivity contribution in [2.45, 2.75) is 18.7 Å². The number of hydrogen-bond acceptors (Lipinski definition) is 5. The van der Waals surface area contributed by atoms with Gasteiger partial charge in [0.05, 0.1) is 19.5 Å². The predicted octanol–water partition coefficient (Wildman–Crippen LogP) is 3.12. The van der Waals surface area contributed by atoms with E-state index in [0.29, 0.717) is 25.2 Å². The first-order valence-electron chi connectivity index (χ1n) is 8.09. The highest BCUT2D eigenvalue weighted by atomic mass is 19.4. The van der Waals surface area contributed by atoms with Gasteiger partial charge < -0.3 is 14.6 Å². The van der Waals surface area contributed by atoms with Crippen molar-refractivity contribution in [2.24, 2.45) is 0 Å². The van der Waals surface area contributed by atoms with Crippen LogP contribution in [0.3, 0.4) is 0 Å². The van der Waals surface area contributed by atoms with Crippen LogP contribution in [0.1, 0.15) is 18.3 Å². The summed E-state index contributed by atoms with van der Waals surface area (Å²) in [6.45, 7) is 3.07. The Balaban J connectivity index is 1.76. The second-order valence-electron chi connectivity index (χ2n) is 6.34. The molecule has 0 radical (unpaired) electrons. The number of hydrogen-bond donors (Lipinski definition) is 1. The molecule has 6 nitrogen and oxygen atoms in total. The monoisotopic (exact) mass is 363 g/mol. The first-order valence-corrected chi connectivity index (χ1v) is 8.09. The summed E-state index contributed by atoms with van der Waals surface area (Å²) in [5.74, 6) is -1.01. The van der Waals surface area contributed by atoms with Crippen LogP contribution >= 0.6 is 0 Å². The topological polar surface area (TPSA) is 66.9 Å². The van der Waals surface area contributed by atoms with E-state index in [1.165, 1.54) is 6.33 Å². The van der Waals surface area contributed by atoms with Gasteiger partial charge in [-0.1, -0.05) is 30.3 Å². The molecule has 3 heterocycles. The number of H-pyrrole nitrogens is 1. The largest absolute Gasteiger partial charge is 0.451 e. The van der Waals surface area contributed by atoms with Crippen molar-refractivity contribution in [3.63, 3.8) is 0 Å². The van der Waals surface area contributed by atoms with Crippen LogP contribution < -0.4 is 4.90 Å². The molecule has 9 heteroatoms. The van der Waals surface area contributed by atoms with Crippen molar-refractivity contribution >= 4 is 17.0 Å². The lowest BCUT2D eigenvalue weighted by atomic mass is 9.94. The van der Waals surface area contributed by atoms with Crippen molar-refractivity contribution < 1.29 is 17.9 Å². The summed E-state index contributed by atoms with van der Waals surface area (Å²) >= 11 is 0. The number of aromatic amines is 1. The Kier molecular flexibility index (Phi) is 3.83. The predicted molar refractivity (Wildman–Crippen MR) is 88.6 cm³/mol. The Hall–Kier alpha value is -2.68. The molecule has 1 unspecified atom stereocenters. The molecule has 1 atom stereocenters. The van der Waals surface area contributed by atoms with Crippen molar-refractivity contribution in [1.29, 1.82) is 0 Å². The molecule has 136 valence electrons. The molecule has 1 fully saturated rings. The first kappa shape index (κ1) is 16.8. The highest BCUT2D eigenvalue weighted by molar-refractivity contribution is 5.83. The molecule has 26 heavy (non-hydrogen) atoms. The molecule has 0 saturated carbocycles. The molecule has 1 aliphatic heterocycles. The highest BCUT2D eigenvalue weighted by Gasteiger charge is 2.39. The molecule has 1 aromatic carbocycles. The molecule has 0 amide bonds. The van der Waals surface area contributed by atoms with Crippen molar-refractivity contribution in [3.05, 3.63) is 48.0 Å². The normalized spacial score (nSPS) is 21.3. The minimum atomic E-state index is -4.64. The van der Waals surface area contributed by atoms with Gasteiger partial charge in [-0.15, -0.1) is 0 Å². The van der Waals surface area contributed by atoms with Gasteiger partial charge in [0.2, 0.25) is 5.82 Å². The number of morpholine rings is 1. The minimum absolute atomic E-state index is 0.00442. The van der Waals surface area contributed by atoms with E-state index in [2.05, 4.69) is 19.9 Å². The number of fused-ring (bicyclic) bond motifs is 1. The second-order valence-corrected chi connectivity index (χ2v) is 6.34. The van der Waals surface area contributed by atoms with E-state index >= 15 is 0 Å². The lowest BCUT2D eigenvalue weighted by Crippen LogP contribution is -2.48. The standard InChI is InChI=1S/C17H16F3N5O/c1-16(11-5-3-2-4-6-11)9-25(7-8-26-16)14-12-13(22-10-21-12)23-15(24-14)17(18,19)20/h2-6,10H,7-9H2,1H3,(H,21,22,23,24). The summed E-state index contributed by atoms with van der Waals surface area (Å²) in [6.07, 6.45) is -3.32. The lowest BCUT2D eigenvalue weighted by Gasteiger charge is -2.41. The molecular weight excluding hydrogens is 347 g/mol. The third kappa shape index (κ3) is 2.88. The third-order valence-corrected chi connectivity index (χ3v) is 4.48. The van der Waals surface area contributed by atoms with Crippen molar-refractivity contribution in [3.8, 4) is 0 Å². The molecular formula is C17H16F3N5O. The zero-order valence-electron chi connectivity index (χ0n) is 13.9. The van der Waals surface area contributed by atoms with Crippen LogP contribution in [0.2, 0.25) is 0 Å². The Morgan fingerprint density at radius 3 is 2.69 bits per heavy atom. The molecule has 3 aromatic rings. The number of ether oxygens (including phenoxy) is 1. The van der Waals surface area contributed by atoms with Crippen LogP contribution in [0, 0.1) is 0 Å². The van der Waals surface area contributed by atoms with E-state index in [-0.39, 0.29) is 11.5 Å². The van der Waals surface area contributed by atoms with Gasteiger partial charge in [-0.25, -0.2) is 15.0 Å². The summed E-state index contributed by atoms with van der Waals surface area (Å²) in [5.41, 5.74) is 0.677. The van der Waals surface area contributed by atoms with Gasteiger partial charge in [-0.05, 0) is 12.5 Å². The minimum Gasteiger partial charge on any atom is -0.367 e. The summed E-state index contributed by atoms with van der Waals surface area (Å²) in [6, 6.07) is 9.60. The first-order chi connectivity index (χ1) is 12.4. The van der Waals surface area contributed by atoms with Gasteiger partial charge in [0.15, 0.2) is 11.5 Å². The number of imidazole rings is 1. The molecule has 4 rings (SSSR count). The average molecular weight is 363 g/mol. The number of rotatable bonds is 2. The molecule has 2 aromatic heterocycles. The maximum absolute atomic E-state index is 13.2. The number of alkyl halides is 3.